The number of nitrogens with one attached hydrogen (secondary N) is 2. The van der Waals surface area contributed by atoms with Crippen molar-refractivity contribution in [3.63, 3.8) is 0 Å². The van der Waals surface area contributed by atoms with Crippen LogP contribution in [0.1, 0.15) is 0 Å². The molecule has 0 aliphatic rings. The molecule has 2 aromatic rings. The zero-order valence-corrected chi connectivity index (χ0v) is 14.7. The molecular formula is C12H10Br2N2O4S. The van der Waals surface area contributed by atoms with Gasteiger partial charge in [-0.05, 0) is 37.9 Å². The fraction of sp³-hybridized carbons (Fsp3) is 0.0833. The van der Waals surface area contributed by atoms with Gasteiger partial charge in [-0.1, -0.05) is 0 Å². The average Bonchev–Trinajstić information content (AvgIpc) is 2.42. The molecule has 0 saturated heterocycles. The molecule has 112 valence electrons. The first-order chi connectivity index (χ1) is 9.85. The van der Waals surface area contributed by atoms with Gasteiger partial charge >= 0.3 is 0 Å². The van der Waals surface area contributed by atoms with E-state index < -0.39 is 15.5 Å². The van der Waals surface area contributed by atoms with Crippen LogP contribution in [-0.2, 0) is 10.0 Å². The lowest BCUT2D eigenvalue weighted by molar-refractivity contribution is 0.412. The summed E-state index contributed by atoms with van der Waals surface area (Å²) in [7, 11) is -2.53. The number of hydrogen-bond acceptors (Lipinski definition) is 4. The fourth-order valence-electron chi connectivity index (χ4n) is 1.57. The summed E-state index contributed by atoms with van der Waals surface area (Å²) in [5.41, 5.74) is -0.334. The summed E-state index contributed by atoms with van der Waals surface area (Å²) >= 11 is 6.55. The molecule has 1 heterocycles. The molecule has 0 amide bonds. The van der Waals surface area contributed by atoms with Crippen molar-refractivity contribution in [1.29, 1.82) is 0 Å². The van der Waals surface area contributed by atoms with E-state index in [0.29, 0.717) is 14.7 Å². The van der Waals surface area contributed by atoms with Crippen molar-refractivity contribution >= 4 is 47.6 Å². The van der Waals surface area contributed by atoms with Crippen molar-refractivity contribution in [2.45, 2.75) is 4.90 Å². The summed E-state index contributed by atoms with van der Waals surface area (Å²) in [4.78, 5) is 13.8. The predicted molar refractivity (Wildman–Crippen MR) is 86.3 cm³/mol. The van der Waals surface area contributed by atoms with Gasteiger partial charge in [0.1, 0.15) is 5.75 Å². The molecule has 0 aliphatic heterocycles. The Morgan fingerprint density at radius 1 is 1.24 bits per heavy atom. The van der Waals surface area contributed by atoms with Gasteiger partial charge in [-0.3, -0.25) is 9.52 Å². The average molecular weight is 438 g/mol. The van der Waals surface area contributed by atoms with Crippen molar-refractivity contribution in [2.75, 3.05) is 11.8 Å². The van der Waals surface area contributed by atoms with Gasteiger partial charge in [-0.25, -0.2) is 8.42 Å². The Labute approximate surface area is 137 Å². The maximum Gasteiger partial charge on any atom is 0.267 e. The highest BCUT2D eigenvalue weighted by Crippen LogP contribution is 2.35. The summed E-state index contributed by atoms with van der Waals surface area (Å²) in [6.07, 6.45) is 2.49. The smallest absolute Gasteiger partial charge is 0.267 e. The number of methoxy groups -OCH3 is 1. The van der Waals surface area contributed by atoms with Gasteiger partial charge in [0, 0.05) is 29.0 Å². The molecule has 0 fully saturated rings. The Morgan fingerprint density at radius 3 is 2.57 bits per heavy atom. The van der Waals surface area contributed by atoms with E-state index >= 15 is 0 Å². The van der Waals surface area contributed by atoms with Crippen LogP contribution in [0.25, 0.3) is 0 Å². The Morgan fingerprint density at radius 2 is 1.95 bits per heavy atom. The SMILES string of the molecule is COc1cc(NS(=O)(=O)c2c[nH]ccc2=O)c(Br)cc1Br. The molecule has 0 atom stereocenters. The standard InChI is InChI=1S/C12H10Br2N2O4S/c1-20-11-5-9(7(13)4-8(11)14)16-21(18,19)12-6-15-3-2-10(12)17/h2-6,16H,1H3,(H,15,17). The normalized spacial score (nSPS) is 11.2. The van der Waals surface area contributed by atoms with Gasteiger partial charge in [-0.2, -0.15) is 0 Å². The van der Waals surface area contributed by atoms with Gasteiger partial charge in [0.2, 0.25) is 5.43 Å². The second-order valence-electron chi connectivity index (χ2n) is 3.94. The van der Waals surface area contributed by atoms with Crippen LogP contribution in [0.2, 0.25) is 0 Å². The Hall–Kier alpha value is -1.32. The molecule has 2 N–H and O–H groups in total. The van der Waals surface area contributed by atoms with E-state index in [2.05, 4.69) is 41.6 Å². The van der Waals surface area contributed by atoms with E-state index in [1.165, 1.54) is 19.4 Å². The van der Waals surface area contributed by atoms with E-state index in [9.17, 15) is 13.2 Å². The van der Waals surface area contributed by atoms with Crippen LogP contribution >= 0.6 is 31.9 Å². The van der Waals surface area contributed by atoms with Crippen LogP contribution in [0.15, 0.2) is 49.2 Å². The third-order valence-electron chi connectivity index (χ3n) is 2.56. The number of benzene rings is 1. The van der Waals surface area contributed by atoms with Crippen molar-refractivity contribution in [1.82, 2.24) is 4.98 Å². The maximum absolute atomic E-state index is 12.3. The number of H-pyrrole nitrogens is 1. The molecule has 2 rings (SSSR count). The van der Waals surface area contributed by atoms with Crippen molar-refractivity contribution in [3.8, 4) is 5.75 Å². The molecule has 9 heteroatoms. The van der Waals surface area contributed by atoms with Gasteiger partial charge < -0.3 is 9.72 Å². The zero-order chi connectivity index (χ0) is 15.6. The topological polar surface area (TPSA) is 88.3 Å². The Kier molecular flexibility index (Phi) is 4.74. The number of sulfonamides is 1. The summed E-state index contributed by atoms with van der Waals surface area (Å²) in [5.74, 6) is 0.456. The molecule has 1 aromatic carbocycles. The highest BCUT2D eigenvalue weighted by molar-refractivity contribution is 9.11. The lowest BCUT2D eigenvalue weighted by atomic mass is 10.3. The molecule has 0 saturated carbocycles. The van der Waals surface area contributed by atoms with E-state index in [1.54, 1.807) is 6.07 Å². The minimum absolute atomic E-state index is 0.262. The Bertz CT molecular complexity index is 833. The number of aromatic amines is 1. The van der Waals surface area contributed by atoms with E-state index in [4.69, 9.17) is 4.74 Å². The highest BCUT2D eigenvalue weighted by atomic mass is 79.9. The van der Waals surface area contributed by atoms with E-state index in [1.807, 2.05) is 0 Å². The monoisotopic (exact) mass is 436 g/mol. The zero-order valence-electron chi connectivity index (χ0n) is 10.7. The van der Waals surface area contributed by atoms with Gasteiger partial charge in [0.05, 0.1) is 17.3 Å². The molecular weight excluding hydrogens is 428 g/mol. The molecule has 6 nitrogen and oxygen atoms in total. The molecule has 0 spiro atoms. The summed E-state index contributed by atoms with van der Waals surface area (Å²) in [5, 5.41) is 0. The minimum atomic E-state index is -4.00. The summed E-state index contributed by atoms with van der Waals surface area (Å²) in [6, 6.07) is 4.29. The number of aromatic nitrogens is 1. The van der Waals surface area contributed by atoms with E-state index in [0.717, 1.165) is 12.3 Å². The number of anilines is 1. The summed E-state index contributed by atoms with van der Waals surface area (Å²) < 4.78 is 33.1. The lowest BCUT2D eigenvalue weighted by Crippen LogP contribution is -2.21. The number of pyridine rings is 1. The molecule has 0 radical (unpaired) electrons. The molecule has 1 aromatic heterocycles. The molecule has 21 heavy (non-hydrogen) atoms. The molecule has 0 unspecified atom stereocenters. The van der Waals surface area contributed by atoms with Gasteiger partial charge in [-0.15, -0.1) is 0 Å². The largest absolute Gasteiger partial charge is 0.495 e. The van der Waals surface area contributed by atoms with Crippen molar-refractivity contribution in [2.24, 2.45) is 0 Å². The summed E-state index contributed by atoms with van der Waals surface area (Å²) in [6.45, 7) is 0. The first kappa shape index (κ1) is 16.1. The highest BCUT2D eigenvalue weighted by Gasteiger charge is 2.20. The van der Waals surface area contributed by atoms with Crippen LogP contribution < -0.4 is 14.9 Å². The third kappa shape index (κ3) is 3.47. The predicted octanol–water partition coefficient (Wildman–Crippen LogP) is 2.71. The van der Waals surface area contributed by atoms with Crippen molar-refractivity contribution in [3.05, 3.63) is 49.8 Å². The van der Waals surface area contributed by atoms with Gasteiger partial charge in [0.15, 0.2) is 4.90 Å². The second kappa shape index (κ2) is 6.20. The van der Waals surface area contributed by atoms with Crippen molar-refractivity contribution < 1.29 is 13.2 Å². The Balaban J connectivity index is 2.47. The maximum atomic E-state index is 12.3. The quantitative estimate of drug-likeness (QED) is 0.769. The van der Waals surface area contributed by atoms with Crippen LogP contribution in [0.3, 0.4) is 0 Å². The first-order valence-corrected chi connectivity index (χ1v) is 8.65. The number of ether oxygens (including phenoxy) is 1. The first-order valence-electron chi connectivity index (χ1n) is 5.58. The van der Waals surface area contributed by atoms with Crippen LogP contribution in [0, 0.1) is 0 Å². The van der Waals surface area contributed by atoms with Crippen LogP contribution in [-0.4, -0.2) is 20.5 Å². The van der Waals surface area contributed by atoms with Crippen LogP contribution in [0.5, 0.6) is 5.75 Å². The lowest BCUT2D eigenvalue weighted by Gasteiger charge is -2.12. The second-order valence-corrected chi connectivity index (χ2v) is 7.30. The van der Waals surface area contributed by atoms with Gasteiger partial charge in [0.25, 0.3) is 10.0 Å². The minimum Gasteiger partial charge on any atom is -0.495 e. The third-order valence-corrected chi connectivity index (χ3v) is 5.23. The molecule has 0 bridgehead atoms. The number of rotatable bonds is 4. The fourth-order valence-corrected chi connectivity index (χ4v) is 4.08. The number of halogens is 2. The molecule has 0 aliphatic carbocycles. The van der Waals surface area contributed by atoms with Crippen LogP contribution in [0.4, 0.5) is 5.69 Å². The number of hydrogen-bond donors (Lipinski definition) is 2. The van der Waals surface area contributed by atoms with E-state index in [-0.39, 0.29) is 10.6 Å².